The van der Waals surface area contributed by atoms with E-state index in [9.17, 15) is 8.42 Å². The number of benzene rings is 2. The van der Waals surface area contributed by atoms with Gasteiger partial charge in [0.05, 0.1) is 18.3 Å². The molecule has 4 rings (SSSR count). The van der Waals surface area contributed by atoms with Crippen LogP contribution in [0.1, 0.15) is 25.8 Å². The SMILES string of the molecule is CCOc1ccc(Br)cc1S(=O)(=O)Nc1ccccc1-c1nnnn1C1CC1. The largest absolute Gasteiger partial charge is 0.492 e. The lowest BCUT2D eigenvalue weighted by atomic mass is 10.1. The number of hydrogen-bond donors (Lipinski definition) is 1. The lowest BCUT2D eigenvalue weighted by Crippen LogP contribution is -2.15. The monoisotopic (exact) mass is 463 g/mol. The molecule has 0 unspecified atom stereocenters. The van der Waals surface area contributed by atoms with E-state index < -0.39 is 10.0 Å². The Morgan fingerprint density at radius 3 is 2.79 bits per heavy atom. The molecule has 0 aliphatic heterocycles. The van der Waals surface area contributed by atoms with Crippen molar-refractivity contribution >= 4 is 31.6 Å². The van der Waals surface area contributed by atoms with E-state index in [4.69, 9.17) is 4.74 Å². The van der Waals surface area contributed by atoms with Gasteiger partial charge in [-0.15, -0.1) is 5.10 Å². The summed E-state index contributed by atoms with van der Waals surface area (Å²) in [5.74, 6) is 0.832. The third-order valence-electron chi connectivity index (χ3n) is 4.29. The summed E-state index contributed by atoms with van der Waals surface area (Å²) in [6.07, 6.45) is 2.03. The number of halogens is 1. The minimum atomic E-state index is -3.90. The molecule has 0 atom stereocenters. The first-order valence-electron chi connectivity index (χ1n) is 8.82. The minimum absolute atomic E-state index is 0.0558. The molecular weight excluding hydrogens is 446 g/mol. The van der Waals surface area contributed by atoms with Crippen LogP contribution in [0.5, 0.6) is 5.75 Å². The van der Waals surface area contributed by atoms with E-state index in [2.05, 4.69) is 36.2 Å². The smallest absolute Gasteiger partial charge is 0.265 e. The lowest BCUT2D eigenvalue weighted by molar-refractivity contribution is 0.331. The highest BCUT2D eigenvalue weighted by Gasteiger charge is 2.29. The summed E-state index contributed by atoms with van der Waals surface area (Å²) in [5, 5.41) is 11.9. The normalized spacial score (nSPS) is 14.1. The molecule has 1 saturated carbocycles. The summed E-state index contributed by atoms with van der Waals surface area (Å²) in [4.78, 5) is 0.0558. The van der Waals surface area contributed by atoms with Gasteiger partial charge in [-0.2, -0.15) is 0 Å². The van der Waals surface area contributed by atoms with E-state index in [1.165, 1.54) is 6.07 Å². The molecule has 10 heteroatoms. The Hall–Kier alpha value is -2.46. The molecule has 1 aliphatic carbocycles. The Bertz CT molecular complexity index is 1110. The van der Waals surface area contributed by atoms with Gasteiger partial charge in [0.1, 0.15) is 10.6 Å². The predicted octanol–water partition coefficient (Wildman–Crippen LogP) is 3.64. The maximum atomic E-state index is 13.1. The number of nitrogens with one attached hydrogen (secondary N) is 1. The predicted molar refractivity (Wildman–Crippen MR) is 108 cm³/mol. The first-order valence-corrected chi connectivity index (χ1v) is 11.1. The minimum Gasteiger partial charge on any atom is -0.492 e. The zero-order valence-corrected chi connectivity index (χ0v) is 17.4. The molecule has 1 aliphatic rings. The topological polar surface area (TPSA) is 99.0 Å². The van der Waals surface area contributed by atoms with E-state index in [1.54, 1.807) is 41.9 Å². The highest BCUT2D eigenvalue weighted by Crippen LogP contribution is 2.38. The van der Waals surface area contributed by atoms with E-state index in [-0.39, 0.29) is 10.9 Å². The van der Waals surface area contributed by atoms with Crippen molar-refractivity contribution in [1.82, 2.24) is 20.2 Å². The number of tetrazole rings is 1. The molecule has 3 aromatic rings. The van der Waals surface area contributed by atoms with Crippen LogP contribution in [0, 0.1) is 0 Å². The fourth-order valence-electron chi connectivity index (χ4n) is 2.87. The van der Waals surface area contributed by atoms with Crippen molar-refractivity contribution in [2.24, 2.45) is 0 Å². The summed E-state index contributed by atoms with van der Waals surface area (Å²) >= 11 is 3.33. The fraction of sp³-hybridized carbons (Fsp3) is 0.278. The molecule has 0 amide bonds. The Kier molecular flexibility index (Phi) is 5.07. The maximum Gasteiger partial charge on any atom is 0.265 e. The molecule has 0 radical (unpaired) electrons. The van der Waals surface area contributed by atoms with Gasteiger partial charge in [-0.25, -0.2) is 13.1 Å². The van der Waals surface area contributed by atoms with Gasteiger partial charge in [0.25, 0.3) is 10.0 Å². The zero-order valence-electron chi connectivity index (χ0n) is 15.0. The fourth-order valence-corrected chi connectivity index (χ4v) is 4.63. The molecule has 1 aromatic heterocycles. The molecule has 1 N–H and O–H groups in total. The first-order chi connectivity index (χ1) is 13.5. The molecule has 2 aromatic carbocycles. The van der Waals surface area contributed by atoms with Gasteiger partial charge < -0.3 is 4.74 Å². The van der Waals surface area contributed by atoms with Crippen LogP contribution in [0.3, 0.4) is 0 Å². The molecule has 1 heterocycles. The highest BCUT2D eigenvalue weighted by atomic mass is 79.9. The van der Waals surface area contributed by atoms with Crippen LogP contribution >= 0.6 is 15.9 Å². The van der Waals surface area contributed by atoms with Gasteiger partial charge in [0, 0.05) is 10.0 Å². The van der Waals surface area contributed by atoms with Gasteiger partial charge in [-0.3, -0.25) is 4.72 Å². The number of aromatic nitrogens is 4. The third kappa shape index (κ3) is 3.74. The van der Waals surface area contributed by atoms with Crippen molar-refractivity contribution in [2.75, 3.05) is 11.3 Å². The third-order valence-corrected chi connectivity index (χ3v) is 6.17. The Balaban J connectivity index is 1.74. The number of rotatable bonds is 7. The standard InChI is InChI=1S/C18H18BrN5O3S/c1-2-27-16-10-7-12(19)11-17(16)28(25,26)21-15-6-4-3-5-14(15)18-20-22-23-24(18)13-8-9-13/h3-7,10-11,13,21H,2,8-9H2,1H3. The highest BCUT2D eigenvalue weighted by molar-refractivity contribution is 9.10. The van der Waals surface area contributed by atoms with E-state index in [1.807, 2.05) is 6.07 Å². The van der Waals surface area contributed by atoms with Crippen LogP contribution in [-0.2, 0) is 10.0 Å². The second-order valence-electron chi connectivity index (χ2n) is 6.35. The average molecular weight is 464 g/mol. The van der Waals surface area contributed by atoms with Crippen LogP contribution in [0.2, 0.25) is 0 Å². The molecule has 146 valence electrons. The van der Waals surface area contributed by atoms with Crippen molar-refractivity contribution in [3.05, 3.63) is 46.9 Å². The van der Waals surface area contributed by atoms with Crippen molar-refractivity contribution in [2.45, 2.75) is 30.7 Å². The summed E-state index contributed by atoms with van der Waals surface area (Å²) in [5.41, 5.74) is 1.03. The maximum absolute atomic E-state index is 13.1. The van der Waals surface area contributed by atoms with E-state index in [0.29, 0.717) is 33.9 Å². The molecule has 0 spiro atoms. The van der Waals surface area contributed by atoms with Gasteiger partial charge in [-0.05, 0) is 60.5 Å². The van der Waals surface area contributed by atoms with Crippen LogP contribution in [0.25, 0.3) is 11.4 Å². The summed E-state index contributed by atoms with van der Waals surface area (Å²) in [6.45, 7) is 2.16. The molecular formula is C18H18BrN5O3S. The number of sulfonamides is 1. The molecule has 0 bridgehead atoms. The number of nitrogens with zero attached hydrogens (tertiary/aromatic N) is 4. The zero-order chi connectivity index (χ0) is 19.7. The quantitative estimate of drug-likeness (QED) is 0.573. The van der Waals surface area contributed by atoms with Gasteiger partial charge in [-0.1, -0.05) is 28.1 Å². The summed E-state index contributed by atoms with van der Waals surface area (Å²) in [6, 6.07) is 12.2. The number of ether oxygens (including phenoxy) is 1. The second kappa shape index (κ2) is 7.51. The van der Waals surface area contributed by atoms with Crippen LogP contribution in [0.15, 0.2) is 51.8 Å². The van der Waals surface area contributed by atoms with Crippen LogP contribution in [-0.4, -0.2) is 35.2 Å². The van der Waals surface area contributed by atoms with Crippen LogP contribution in [0.4, 0.5) is 5.69 Å². The van der Waals surface area contributed by atoms with Gasteiger partial charge in [0.15, 0.2) is 5.82 Å². The van der Waals surface area contributed by atoms with E-state index >= 15 is 0 Å². The number of para-hydroxylation sites is 1. The van der Waals surface area contributed by atoms with E-state index in [0.717, 1.165) is 12.8 Å². The number of hydrogen-bond acceptors (Lipinski definition) is 6. The molecule has 1 fully saturated rings. The molecule has 0 saturated heterocycles. The molecule has 28 heavy (non-hydrogen) atoms. The van der Waals surface area contributed by atoms with Crippen molar-refractivity contribution in [3.63, 3.8) is 0 Å². The summed E-state index contributed by atoms with van der Waals surface area (Å²) < 4.78 is 36.8. The summed E-state index contributed by atoms with van der Waals surface area (Å²) in [7, 11) is -3.90. The average Bonchev–Trinajstić information content (AvgIpc) is 3.40. The Morgan fingerprint density at radius 1 is 1.25 bits per heavy atom. The van der Waals surface area contributed by atoms with Gasteiger partial charge in [0.2, 0.25) is 0 Å². The second-order valence-corrected chi connectivity index (χ2v) is 8.92. The number of anilines is 1. The first kappa shape index (κ1) is 18.9. The molecule has 8 nitrogen and oxygen atoms in total. The Morgan fingerprint density at radius 2 is 2.04 bits per heavy atom. The van der Waals surface area contributed by atoms with Crippen molar-refractivity contribution in [3.8, 4) is 17.1 Å². The van der Waals surface area contributed by atoms with Crippen LogP contribution < -0.4 is 9.46 Å². The Labute approximate surface area is 171 Å². The van der Waals surface area contributed by atoms with Crippen molar-refractivity contribution in [1.29, 1.82) is 0 Å². The van der Waals surface area contributed by atoms with Crippen molar-refractivity contribution < 1.29 is 13.2 Å². The van der Waals surface area contributed by atoms with Gasteiger partial charge >= 0.3 is 0 Å². The lowest BCUT2D eigenvalue weighted by Gasteiger charge is -2.15.